The van der Waals surface area contributed by atoms with Crippen molar-refractivity contribution in [2.75, 3.05) is 6.61 Å². The van der Waals surface area contributed by atoms with E-state index in [-0.39, 0.29) is 6.61 Å². The van der Waals surface area contributed by atoms with Crippen molar-refractivity contribution in [3.63, 3.8) is 0 Å². The molecule has 2 bridgehead atoms. The van der Waals surface area contributed by atoms with E-state index in [9.17, 15) is 0 Å². The Morgan fingerprint density at radius 2 is 2.31 bits per heavy atom. The second kappa shape index (κ2) is 2.71. The molecular weight excluding hydrogens is 160 g/mol. The summed E-state index contributed by atoms with van der Waals surface area (Å²) in [7, 11) is 0. The predicted molar refractivity (Wildman–Crippen MR) is 52.2 cm³/mol. The molecule has 1 N–H and O–H groups in total. The van der Waals surface area contributed by atoms with Gasteiger partial charge in [-0.3, -0.25) is 0 Å². The van der Waals surface area contributed by atoms with Crippen LogP contribution in [0.3, 0.4) is 0 Å². The minimum atomic E-state index is 0.230. The van der Waals surface area contributed by atoms with Gasteiger partial charge in [0.1, 0.15) is 0 Å². The van der Waals surface area contributed by atoms with E-state index in [1.54, 1.807) is 5.57 Å². The fraction of sp³-hybridized carbons (Fsp3) is 0.667. The van der Waals surface area contributed by atoms with E-state index >= 15 is 0 Å². The standard InChI is InChI=1S/C12H16O/c13-7-8-1-4-11-9-2-3-10(6-9)12(11)5-8/h1,5,9-11,13H,2-4,6-7H2/t9-,10+,11?/m0/s1. The molecule has 0 aromatic heterocycles. The number of fused-ring (bicyclic) bond motifs is 5. The summed E-state index contributed by atoms with van der Waals surface area (Å²) in [5, 5.41) is 9.07. The molecule has 13 heavy (non-hydrogen) atoms. The van der Waals surface area contributed by atoms with Crippen molar-refractivity contribution >= 4 is 0 Å². The van der Waals surface area contributed by atoms with E-state index in [4.69, 9.17) is 5.11 Å². The lowest BCUT2D eigenvalue weighted by Crippen LogP contribution is -2.16. The van der Waals surface area contributed by atoms with Crippen LogP contribution >= 0.6 is 0 Å². The van der Waals surface area contributed by atoms with Crippen LogP contribution in [0.5, 0.6) is 0 Å². The van der Waals surface area contributed by atoms with Crippen molar-refractivity contribution in [2.45, 2.75) is 25.7 Å². The second-order valence-electron chi connectivity index (χ2n) is 4.69. The number of hydrogen-bond acceptors (Lipinski definition) is 1. The minimum Gasteiger partial charge on any atom is -0.392 e. The highest BCUT2D eigenvalue weighted by Crippen LogP contribution is 2.54. The zero-order chi connectivity index (χ0) is 8.84. The Kier molecular flexibility index (Phi) is 1.63. The number of allylic oxidation sites excluding steroid dienone is 2. The molecule has 3 aliphatic rings. The number of hydrogen-bond donors (Lipinski definition) is 1. The fourth-order valence-electron chi connectivity index (χ4n) is 3.47. The number of rotatable bonds is 1. The second-order valence-corrected chi connectivity index (χ2v) is 4.69. The Morgan fingerprint density at radius 1 is 1.38 bits per heavy atom. The first-order valence-corrected chi connectivity index (χ1v) is 5.40. The van der Waals surface area contributed by atoms with E-state index in [0.717, 1.165) is 23.3 Å². The van der Waals surface area contributed by atoms with Gasteiger partial charge in [0.15, 0.2) is 0 Å². The molecule has 3 atom stereocenters. The molecule has 0 radical (unpaired) electrons. The van der Waals surface area contributed by atoms with Crippen molar-refractivity contribution in [1.82, 2.24) is 0 Å². The topological polar surface area (TPSA) is 20.2 Å². The Labute approximate surface area is 79.2 Å². The molecule has 3 aliphatic carbocycles. The predicted octanol–water partition coefficient (Wildman–Crippen LogP) is 2.28. The molecule has 2 saturated carbocycles. The molecule has 70 valence electrons. The third-order valence-electron chi connectivity index (χ3n) is 4.11. The summed E-state index contributed by atoms with van der Waals surface area (Å²) in [6.45, 7) is 0.230. The van der Waals surface area contributed by atoms with Gasteiger partial charge in [-0.2, -0.15) is 0 Å². The van der Waals surface area contributed by atoms with Crippen LogP contribution in [0.2, 0.25) is 0 Å². The summed E-state index contributed by atoms with van der Waals surface area (Å²) in [6.07, 6.45) is 10.00. The highest BCUT2D eigenvalue weighted by Gasteiger charge is 2.43. The lowest BCUT2D eigenvalue weighted by atomic mass is 9.78. The number of aliphatic hydroxyl groups excluding tert-OH is 1. The van der Waals surface area contributed by atoms with Gasteiger partial charge in [-0.1, -0.05) is 17.7 Å². The molecule has 0 spiro atoms. The molecule has 1 nitrogen and oxygen atoms in total. The van der Waals surface area contributed by atoms with Crippen molar-refractivity contribution in [2.24, 2.45) is 17.8 Å². The van der Waals surface area contributed by atoms with E-state index in [1.165, 1.54) is 25.7 Å². The van der Waals surface area contributed by atoms with Gasteiger partial charge in [-0.25, -0.2) is 0 Å². The first kappa shape index (κ1) is 7.81. The van der Waals surface area contributed by atoms with Crippen molar-refractivity contribution in [3.8, 4) is 0 Å². The minimum absolute atomic E-state index is 0.230. The molecule has 3 rings (SSSR count). The Hall–Kier alpha value is -0.560. The molecule has 1 heteroatoms. The molecule has 0 amide bonds. The van der Waals surface area contributed by atoms with Crippen LogP contribution in [-0.2, 0) is 0 Å². The quantitative estimate of drug-likeness (QED) is 0.650. The summed E-state index contributed by atoms with van der Waals surface area (Å²) < 4.78 is 0. The van der Waals surface area contributed by atoms with Crippen LogP contribution in [0.1, 0.15) is 25.7 Å². The van der Waals surface area contributed by atoms with Crippen LogP contribution in [0, 0.1) is 17.8 Å². The fourth-order valence-corrected chi connectivity index (χ4v) is 3.47. The summed E-state index contributed by atoms with van der Waals surface area (Å²) in [4.78, 5) is 0. The largest absolute Gasteiger partial charge is 0.392 e. The lowest BCUT2D eigenvalue weighted by molar-refractivity contribution is 0.330. The van der Waals surface area contributed by atoms with Gasteiger partial charge in [-0.15, -0.1) is 0 Å². The van der Waals surface area contributed by atoms with Crippen molar-refractivity contribution in [3.05, 3.63) is 23.3 Å². The Balaban J connectivity index is 1.93. The van der Waals surface area contributed by atoms with Crippen LogP contribution in [0.25, 0.3) is 0 Å². The molecule has 0 aromatic carbocycles. The zero-order valence-corrected chi connectivity index (χ0v) is 7.87. The zero-order valence-electron chi connectivity index (χ0n) is 7.87. The normalized spacial score (nSPS) is 41.5. The van der Waals surface area contributed by atoms with E-state index in [1.807, 2.05) is 0 Å². The lowest BCUT2D eigenvalue weighted by Gasteiger charge is -2.27. The first-order chi connectivity index (χ1) is 6.38. The summed E-state index contributed by atoms with van der Waals surface area (Å²) in [5.74, 6) is 2.71. The van der Waals surface area contributed by atoms with Crippen LogP contribution in [0.4, 0.5) is 0 Å². The third-order valence-corrected chi connectivity index (χ3v) is 4.11. The SMILES string of the molecule is OCC1=CCC2C(=C1)[C@@H]1CC[C@H]2C1. The van der Waals surface area contributed by atoms with Gasteiger partial charge in [0, 0.05) is 0 Å². The van der Waals surface area contributed by atoms with Gasteiger partial charge >= 0.3 is 0 Å². The smallest absolute Gasteiger partial charge is 0.0678 e. The van der Waals surface area contributed by atoms with Crippen LogP contribution < -0.4 is 0 Å². The molecule has 2 fully saturated rings. The van der Waals surface area contributed by atoms with Gasteiger partial charge in [-0.05, 0) is 49.0 Å². The van der Waals surface area contributed by atoms with E-state index in [0.29, 0.717) is 0 Å². The maximum absolute atomic E-state index is 9.07. The molecule has 0 aliphatic heterocycles. The molecule has 1 unspecified atom stereocenters. The highest BCUT2D eigenvalue weighted by molar-refractivity contribution is 5.35. The van der Waals surface area contributed by atoms with Gasteiger partial charge in [0.2, 0.25) is 0 Å². The van der Waals surface area contributed by atoms with Crippen LogP contribution in [0.15, 0.2) is 23.3 Å². The maximum Gasteiger partial charge on any atom is 0.0678 e. The van der Waals surface area contributed by atoms with Gasteiger partial charge in [0.25, 0.3) is 0 Å². The summed E-state index contributed by atoms with van der Waals surface area (Å²) >= 11 is 0. The average molecular weight is 176 g/mol. The van der Waals surface area contributed by atoms with Crippen molar-refractivity contribution in [1.29, 1.82) is 0 Å². The summed E-state index contributed by atoms with van der Waals surface area (Å²) in [6, 6.07) is 0. The van der Waals surface area contributed by atoms with Crippen LogP contribution in [-0.4, -0.2) is 11.7 Å². The molecule has 0 aromatic rings. The first-order valence-electron chi connectivity index (χ1n) is 5.40. The van der Waals surface area contributed by atoms with Gasteiger partial charge < -0.3 is 5.11 Å². The monoisotopic (exact) mass is 176 g/mol. The summed E-state index contributed by atoms with van der Waals surface area (Å²) in [5.41, 5.74) is 2.82. The average Bonchev–Trinajstić information content (AvgIpc) is 2.77. The molecule has 0 saturated heterocycles. The van der Waals surface area contributed by atoms with Crippen molar-refractivity contribution < 1.29 is 5.11 Å². The maximum atomic E-state index is 9.07. The third kappa shape index (κ3) is 1.03. The van der Waals surface area contributed by atoms with E-state index < -0.39 is 0 Å². The van der Waals surface area contributed by atoms with Gasteiger partial charge in [0.05, 0.1) is 6.61 Å². The van der Waals surface area contributed by atoms with E-state index in [2.05, 4.69) is 12.2 Å². The molecule has 0 heterocycles. The highest BCUT2D eigenvalue weighted by atomic mass is 16.3. The molecular formula is C12H16O. The Bertz CT molecular complexity index is 287. The Morgan fingerprint density at radius 3 is 3.15 bits per heavy atom. The number of aliphatic hydroxyl groups is 1.